The van der Waals surface area contributed by atoms with Gasteiger partial charge in [-0.25, -0.2) is 4.79 Å². The predicted molar refractivity (Wildman–Crippen MR) is 124 cm³/mol. The van der Waals surface area contributed by atoms with E-state index in [1.54, 1.807) is 30.1 Å². The van der Waals surface area contributed by atoms with E-state index in [1.165, 1.54) is 22.6 Å². The molecule has 0 unspecified atom stereocenters. The minimum absolute atomic E-state index is 0.115. The minimum Gasteiger partial charge on any atom is -0.478 e. The second-order valence-corrected chi connectivity index (χ2v) is 8.60. The molecule has 10 nitrogen and oxygen atoms in total. The van der Waals surface area contributed by atoms with Crippen LogP contribution in [0.2, 0.25) is 5.02 Å². The molecule has 1 aromatic carbocycles. The largest absolute Gasteiger partial charge is 0.478 e. The predicted octanol–water partition coefficient (Wildman–Crippen LogP) is 0.590. The van der Waals surface area contributed by atoms with Crippen molar-refractivity contribution in [2.45, 2.75) is 19.4 Å². The number of amides is 2. The number of hydrogen-bond donors (Lipinski definition) is 0. The van der Waals surface area contributed by atoms with Crippen molar-refractivity contribution in [3.05, 3.63) is 50.1 Å². The fraction of sp³-hybridized carbons (Fsp3) is 0.455. The van der Waals surface area contributed by atoms with Gasteiger partial charge < -0.3 is 14.5 Å². The van der Waals surface area contributed by atoms with E-state index < -0.39 is 11.8 Å². The number of fused-ring (bicyclic) bond motifs is 1. The maximum absolute atomic E-state index is 13.1. The minimum atomic E-state index is -0.648. The summed E-state index contributed by atoms with van der Waals surface area (Å²) < 4.78 is 8.25. The first-order chi connectivity index (χ1) is 15.7. The molecule has 11 heteroatoms. The SMILES string of the molecule is CC[C@H]1Oc2ccc(Cl)cc2N(CC(=O)N2CCN(c3cc(=O)n(C)c(=O)n3C)CC2)C1=O. The fourth-order valence-corrected chi connectivity index (χ4v) is 4.33. The number of benzene rings is 1. The Morgan fingerprint density at radius 3 is 2.42 bits per heavy atom. The maximum atomic E-state index is 13.1. The molecule has 2 amide bonds. The Bertz CT molecular complexity index is 1210. The van der Waals surface area contributed by atoms with Crippen molar-refractivity contribution in [2.75, 3.05) is 42.5 Å². The summed E-state index contributed by atoms with van der Waals surface area (Å²) in [6.45, 7) is 3.47. The van der Waals surface area contributed by atoms with Gasteiger partial charge in [0.05, 0.1) is 5.69 Å². The van der Waals surface area contributed by atoms with Gasteiger partial charge in [-0.05, 0) is 24.6 Å². The van der Waals surface area contributed by atoms with Crippen LogP contribution in [0.25, 0.3) is 0 Å². The monoisotopic (exact) mass is 475 g/mol. The van der Waals surface area contributed by atoms with Crippen molar-refractivity contribution in [3.8, 4) is 5.75 Å². The molecule has 0 N–H and O–H groups in total. The number of carbonyl (C=O) groups excluding carboxylic acids is 2. The van der Waals surface area contributed by atoms with Crippen LogP contribution in [0.4, 0.5) is 11.5 Å². The van der Waals surface area contributed by atoms with E-state index in [0.717, 1.165) is 4.57 Å². The van der Waals surface area contributed by atoms with E-state index in [0.29, 0.717) is 54.9 Å². The quantitative estimate of drug-likeness (QED) is 0.642. The lowest BCUT2D eigenvalue weighted by Crippen LogP contribution is -2.55. The zero-order valence-electron chi connectivity index (χ0n) is 18.8. The first kappa shape index (κ1) is 22.9. The molecule has 0 saturated carbocycles. The summed E-state index contributed by atoms with van der Waals surface area (Å²) in [4.78, 5) is 55.4. The summed E-state index contributed by atoms with van der Waals surface area (Å²) in [7, 11) is 3.05. The third kappa shape index (κ3) is 4.22. The molecule has 0 bridgehead atoms. The molecule has 2 aromatic rings. The lowest BCUT2D eigenvalue weighted by Gasteiger charge is -2.38. The van der Waals surface area contributed by atoms with E-state index >= 15 is 0 Å². The van der Waals surface area contributed by atoms with Crippen molar-refractivity contribution >= 4 is 34.9 Å². The molecule has 1 saturated heterocycles. The van der Waals surface area contributed by atoms with Crippen LogP contribution in [0.5, 0.6) is 5.75 Å². The Hall–Kier alpha value is -3.27. The highest BCUT2D eigenvalue weighted by Gasteiger charge is 2.36. The first-order valence-electron chi connectivity index (χ1n) is 10.8. The Labute approximate surface area is 195 Å². The maximum Gasteiger partial charge on any atom is 0.332 e. The van der Waals surface area contributed by atoms with Gasteiger partial charge >= 0.3 is 5.69 Å². The van der Waals surface area contributed by atoms with Gasteiger partial charge in [-0.15, -0.1) is 0 Å². The van der Waals surface area contributed by atoms with Gasteiger partial charge in [0, 0.05) is 51.4 Å². The van der Waals surface area contributed by atoms with Crippen molar-refractivity contribution in [3.63, 3.8) is 0 Å². The van der Waals surface area contributed by atoms with Gasteiger partial charge in [0.2, 0.25) is 5.91 Å². The van der Waals surface area contributed by atoms with Crippen molar-refractivity contribution in [1.29, 1.82) is 0 Å². The number of piperazine rings is 1. The van der Waals surface area contributed by atoms with E-state index in [1.807, 2.05) is 11.8 Å². The number of ether oxygens (including phenoxy) is 1. The summed E-state index contributed by atoms with van der Waals surface area (Å²) >= 11 is 6.12. The highest BCUT2D eigenvalue weighted by molar-refractivity contribution is 6.31. The molecule has 2 aliphatic heterocycles. The second-order valence-electron chi connectivity index (χ2n) is 8.16. The topological polar surface area (TPSA) is 97.1 Å². The van der Waals surface area contributed by atoms with Crippen LogP contribution in [-0.2, 0) is 23.7 Å². The van der Waals surface area contributed by atoms with E-state index in [-0.39, 0.29) is 23.9 Å². The fourth-order valence-electron chi connectivity index (χ4n) is 4.16. The summed E-state index contributed by atoms with van der Waals surface area (Å²) in [5, 5.41) is 0.450. The van der Waals surface area contributed by atoms with Crippen LogP contribution in [0, 0.1) is 0 Å². The number of rotatable bonds is 4. The summed E-state index contributed by atoms with van der Waals surface area (Å²) in [5.74, 6) is 0.584. The van der Waals surface area contributed by atoms with Crippen molar-refractivity contribution in [1.82, 2.24) is 14.0 Å². The normalized spacial score (nSPS) is 18.2. The standard InChI is InChI=1S/C22H26ClN5O5/c1-4-16-21(31)28(15-11-14(23)5-6-17(15)33-16)13-20(30)27-9-7-26(8-10-27)18-12-19(29)25(3)22(32)24(18)2/h5-6,11-12,16H,4,7-10,13H2,1-3H3/t16-/m1/s1. The van der Waals surface area contributed by atoms with Gasteiger partial charge in [0.1, 0.15) is 18.1 Å². The molecule has 0 aliphatic carbocycles. The molecule has 4 rings (SSSR count). The molecule has 1 aromatic heterocycles. The first-order valence-corrected chi connectivity index (χ1v) is 11.2. The number of hydrogen-bond acceptors (Lipinski definition) is 6. The molecular formula is C22H26ClN5O5. The Kier molecular flexibility index (Phi) is 6.20. The van der Waals surface area contributed by atoms with Gasteiger partial charge in [-0.3, -0.25) is 28.4 Å². The van der Waals surface area contributed by atoms with Crippen LogP contribution in [0.3, 0.4) is 0 Å². The number of halogens is 1. The van der Waals surface area contributed by atoms with E-state index in [4.69, 9.17) is 16.3 Å². The van der Waals surface area contributed by atoms with Crippen molar-refractivity contribution < 1.29 is 14.3 Å². The average molecular weight is 476 g/mol. The Morgan fingerprint density at radius 1 is 1.06 bits per heavy atom. The summed E-state index contributed by atoms with van der Waals surface area (Å²) in [6.07, 6.45) is -0.162. The molecular weight excluding hydrogens is 450 g/mol. The van der Waals surface area contributed by atoms with Gasteiger partial charge in [-0.2, -0.15) is 0 Å². The lowest BCUT2D eigenvalue weighted by molar-refractivity contribution is -0.133. The molecule has 176 valence electrons. The van der Waals surface area contributed by atoms with Crippen LogP contribution in [0.15, 0.2) is 33.9 Å². The number of aromatic nitrogens is 2. The van der Waals surface area contributed by atoms with Crippen LogP contribution >= 0.6 is 11.6 Å². The number of anilines is 2. The zero-order valence-corrected chi connectivity index (χ0v) is 19.5. The van der Waals surface area contributed by atoms with Gasteiger partial charge in [0.15, 0.2) is 6.10 Å². The van der Waals surface area contributed by atoms with E-state index in [2.05, 4.69) is 0 Å². The van der Waals surface area contributed by atoms with Crippen LogP contribution < -0.4 is 25.8 Å². The molecule has 2 aliphatic rings. The zero-order chi connectivity index (χ0) is 23.9. The molecule has 1 atom stereocenters. The average Bonchev–Trinajstić information content (AvgIpc) is 2.82. The highest BCUT2D eigenvalue weighted by atomic mass is 35.5. The summed E-state index contributed by atoms with van der Waals surface area (Å²) in [5.41, 5.74) is -0.288. The van der Waals surface area contributed by atoms with Crippen LogP contribution in [-0.4, -0.2) is 64.7 Å². The molecule has 0 radical (unpaired) electrons. The van der Waals surface area contributed by atoms with Crippen molar-refractivity contribution in [2.24, 2.45) is 14.1 Å². The molecule has 33 heavy (non-hydrogen) atoms. The lowest BCUT2D eigenvalue weighted by atomic mass is 10.1. The Balaban J connectivity index is 1.48. The Morgan fingerprint density at radius 2 is 1.76 bits per heavy atom. The number of nitrogens with zero attached hydrogens (tertiary/aromatic N) is 5. The van der Waals surface area contributed by atoms with Gasteiger partial charge in [-0.1, -0.05) is 18.5 Å². The third-order valence-corrected chi connectivity index (χ3v) is 6.38. The summed E-state index contributed by atoms with van der Waals surface area (Å²) in [6, 6.07) is 6.45. The second kappa shape index (κ2) is 8.93. The smallest absolute Gasteiger partial charge is 0.332 e. The van der Waals surface area contributed by atoms with Crippen LogP contribution in [0.1, 0.15) is 13.3 Å². The molecule has 0 spiro atoms. The number of carbonyl (C=O) groups is 2. The van der Waals surface area contributed by atoms with Gasteiger partial charge in [0.25, 0.3) is 11.5 Å². The molecule has 3 heterocycles. The van der Waals surface area contributed by atoms with E-state index in [9.17, 15) is 19.2 Å². The third-order valence-electron chi connectivity index (χ3n) is 6.14. The molecule has 1 fully saturated rings. The highest BCUT2D eigenvalue weighted by Crippen LogP contribution is 2.36.